The first-order valence-corrected chi connectivity index (χ1v) is 10.3. The highest BCUT2D eigenvalue weighted by molar-refractivity contribution is 7.14. The third-order valence-corrected chi connectivity index (χ3v) is 5.34. The van der Waals surface area contributed by atoms with Gasteiger partial charge >= 0.3 is 0 Å². The van der Waals surface area contributed by atoms with Crippen molar-refractivity contribution in [2.24, 2.45) is 10.4 Å². The van der Waals surface area contributed by atoms with Gasteiger partial charge in [-0.05, 0) is 56.8 Å². The van der Waals surface area contributed by atoms with Gasteiger partial charge in [0.15, 0.2) is 5.96 Å². The van der Waals surface area contributed by atoms with E-state index in [1.165, 1.54) is 5.00 Å². The molecule has 2 N–H and O–H groups in total. The molecule has 0 unspecified atom stereocenters. The van der Waals surface area contributed by atoms with Crippen molar-refractivity contribution in [1.82, 2.24) is 15.5 Å². The normalized spacial score (nSPS) is 17.2. The van der Waals surface area contributed by atoms with Crippen molar-refractivity contribution in [2.45, 2.75) is 39.7 Å². The highest BCUT2D eigenvalue weighted by Gasteiger charge is 2.22. The monoisotopic (exact) mass is 365 g/mol. The molecular formula is C19H35N5S. The predicted molar refractivity (Wildman–Crippen MR) is 111 cm³/mol. The Morgan fingerprint density at radius 3 is 2.64 bits per heavy atom. The van der Waals surface area contributed by atoms with E-state index in [-0.39, 0.29) is 5.41 Å². The van der Waals surface area contributed by atoms with Gasteiger partial charge in [0.25, 0.3) is 0 Å². The Morgan fingerprint density at radius 2 is 2.08 bits per heavy atom. The molecule has 6 heteroatoms. The van der Waals surface area contributed by atoms with Crippen LogP contribution in [0.1, 0.15) is 33.6 Å². The standard InChI is InChI=1S/C19H35N5S/c1-6-20-18(21-14-19(2,3)15-23(4)5)22-16-9-11-24(12-10-16)17-8-7-13-25-17/h7-8,13,16H,6,9-12,14-15H2,1-5H3,(H2,20,21,22). The lowest BCUT2D eigenvalue weighted by atomic mass is 9.93. The topological polar surface area (TPSA) is 42.9 Å². The molecule has 2 heterocycles. The van der Waals surface area contributed by atoms with Crippen LogP contribution in [0.5, 0.6) is 0 Å². The third-order valence-electron chi connectivity index (χ3n) is 4.41. The summed E-state index contributed by atoms with van der Waals surface area (Å²) in [6.07, 6.45) is 2.31. The van der Waals surface area contributed by atoms with E-state index in [0.29, 0.717) is 6.04 Å². The third kappa shape index (κ3) is 6.86. The van der Waals surface area contributed by atoms with Crippen molar-refractivity contribution in [2.75, 3.05) is 51.7 Å². The summed E-state index contributed by atoms with van der Waals surface area (Å²) in [4.78, 5) is 9.58. The first-order valence-electron chi connectivity index (χ1n) is 9.37. The Balaban J connectivity index is 1.85. The van der Waals surface area contributed by atoms with Crippen molar-refractivity contribution >= 4 is 22.3 Å². The van der Waals surface area contributed by atoms with Crippen LogP contribution in [0.25, 0.3) is 0 Å². The van der Waals surface area contributed by atoms with Gasteiger partial charge in [-0.3, -0.25) is 4.99 Å². The van der Waals surface area contributed by atoms with Crippen molar-refractivity contribution in [3.63, 3.8) is 0 Å². The fourth-order valence-corrected chi connectivity index (χ4v) is 4.19. The van der Waals surface area contributed by atoms with Crippen molar-refractivity contribution in [3.8, 4) is 0 Å². The maximum atomic E-state index is 4.86. The minimum absolute atomic E-state index is 0.175. The van der Waals surface area contributed by atoms with Gasteiger partial charge in [-0.1, -0.05) is 13.8 Å². The molecule has 0 amide bonds. The molecule has 1 aliphatic rings. The Morgan fingerprint density at radius 1 is 1.36 bits per heavy atom. The highest BCUT2D eigenvalue weighted by Crippen LogP contribution is 2.24. The van der Waals surface area contributed by atoms with E-state index in [4.69, 9.17) is 4.99 Å². The molecule has 0 bridgehead atoms. The SMILES string of the molecule is CCNC(=NCC(C)(C)CN(C)C)NC1CCN(c2cccs2)CC1. The average molecular weight is 366 g/mol. The molecule has 142 valence electrons. The number of piperidine rings is 1. The molecule has 25 heavy (non-hydrogen) atoms. The van der Waals surface area contributed by atoms with Crippen LogP contribution in [0, 0.1) is 5.41 Å². The number of nitrogens with one attached hydrogen (secondary N) is 2. The van der Waals surface area contributed by atoms with Gasteiger partial charge in [-0.15, -0.1) is 11.3 Å². The van der Waals surface area contributed by atoms with Gasteiger partial charge in [0.1, 0.15) is 0 Å². The van der Waals surface area contributed by atoms with Crippen LogP contribution in [0.4, 0.5) is 5.00 Å². The van der Waals surface area contributed by atoms with Crippen LogP contribution in [0.15, 0.2) is 22.5 Å². The van der Waals surface area contributed by atoms with E-state index >= 15 is 0 Å². The van der Waals surface area contributed by atoms with E-state index in [9.17, 15) is 0 Å². The number of aliphatic imine (C=N–C) groups is 1. The molecule has 1 fully saturated rings. The number of hydrogen-bond donors (Lipinski definition) is 2. The number of rotatable bonds is 7. The van der Waals surface area contributed by atoms with E-state index in [2.05, 4.69) is 72.8 Å². The Bertz CT molecular complexity index is 516. The molecule has 2 rings (SSSR count). The lowest BCUT2D eigenvalue weighted by molar-refractivity contribution is 0.248. The summed E-state index contributed by atoms with van der Waals surface area (Å²) in [5.41, 5.74) is 0.175. The van der Waals surface area contributed by atoms with E-state index < -0.39 is 0 Å². The van der Waals surface area contributed by atoms with Crippen LogP contribution in [-0.2, 0) is 0 Å². The zero-order valence-electron chi connectivity index (χ0n) is 16.5. The predicted octanol–water partition coefficient (Wildman–Crippen LogP) is 2.86. The molecule has 1 saturated heterocycles. The summed E-state index contributed by atoms with van der Waals surface area (Å²) in [5, 5.41) is 10.6. The minimum Gasteiger partial charge on any atom is -0.363 e. The summed E-state index contributed by atoms with van der Waals surface area (Å²) in [6, 6.07) is 4.86. The molecule has 0 atom stereocenters. The number of hydrogen-bond acceptors (Lipinski definition) is 4. The molecule has 0 spiro atoms. The largest absolute Gasteiger partial charge is 0.363 e. The molecule has 1 aromatic rings. The summed E-state index contributed by atoms with van der Waals surface area (Å²) >= 11 is 1.83. The number of thiophene rings is 1. The van der Waals surface area contributed by atoms with Crippen LogP contribution in [0.3, 0.4) is 0 Å². The fourth-order valence-electron chi connectivity index (χ4n) is 3.41. The number of guanidine groups is 1. The summed E-state index contributed by atoms with van der Waals surface area (Å²) in [5.74, 6) is 0.962. The smallest absolute Gasteiger partial charge is 0.191 e. The molecule has 0 saturated carbocycles. The fraction of sp³-hybridized carbons (Fsp3) is 0.737. The molecule has 0 aliphatic carbocycles. The highest BCUT2D eigenvalue weighted by atomic mass is 32.1. The zero-order chi connectivity index (χ0) is 18.3. The quantitative estimate of drug-likeness (QED) is 0.576. The van der Waals surface area contributed by atoms with Gasteiger partial charge in [-0.25, -0.2) is 0 Å². The van der Waals surface area contributed by atoms with E-state index in [1.807, 2.05) is 11.3 Å². The minimum atomic E-state index is 0.175. The average Bonchev–Trinajstić information content (AvgIpc) is 3.07. The summed E-state index contributed by atoms with van der Waals surface area (Å²) in [7, 11) is 4.24. The second-order valence-corrected chi connectivity index (χ2v) is 8.88. The van der Waals surface area contributed by atoms with E-state index in [1.54, 1.807) is 0 Å². The second kappa shape index (κ2) is 9.43. The number of nitrogens with zero attached hydrogens (tertiary/aromatic N) is 3. The summed E-state index contributed by atoms with van der Waals surface area (Å²) in [6.45, 7) is 11.7. The molecule has 0 radical (unpaired) electrons. The first kappa shape index (κ1) is 20.0. The van der Waals surface area contributed by atoms with Crippen molar-refractivity contribution in [1.29, 1.82) is 0 Å². The van der Waals surface area contributed by atoms with Crippen molar-refractivity contribution < 1.29 is 0 Å². The van der Waals surface area contributed by atoms with Crippen LogP contribution in [-0.4, -0.2) is 63.7 Å². The Kier molecular flexibility index (Phi) is 7.56. The lowest BCUT2D eigenvalue weighted by Crippen LogP contribution is -2.49. The summed E-state index contributed by atoms with van der Waals surface area (Å²) < 4.78 is 0. The first-order chi connectivity index (χ1) is 11.9. The van der Waals surface area contributed by atoms with Gasteiger partial charge in [0, 0.05) is 38.8 Å². The molecule has 1 aromatic heterocycles. The van der Waals surface area contributed by atoms with Gasteiger partial charge in [-0.2, -0.15) is 0 Å². The molecule has 5 nitrogen and oxygen atoms in total. The second-order valence-electron chi connectivity index (χ2n) is 7.95. The van der Waals surface area contributed by atoms with Crippen LogP contribution >= 0.6 is 11.3 Å². The maximum Gasteiger partial charge on any atom is 0.191 e. The van der Waals surface area contributed by atoms with Gasteiger partial charge in [0.2, 0.25) is 0 Å². The molecule has 1 aliphatic heterocycles. The zero-order valence-corrected chi connectivity index (χ0v) is 17.3. The Hall–Kier alpha value is -1.27. The van der Waals surface area contributed by atoms with Crippen LogP contribution < -0.4 is 15.5 Å². The van der Waals surface area contributed by atoms with Crippen molar-refractivity contribution in [3.05, 3.63) is 17.5 Å². The molecular weight excluding hydrogens is 330 g/mol. The lowest BCUT2D eigenvalue weighted by Gasteiger charge is -2.34. The Labute approximate surface area is 157 Å². The van der Waals surface area contributed by atoms with E-state index in [0.717, 1.165) is 51.5 Å². The molecule has 0 aromatic carbocycles. The van der Waals surface area contributed by atoms with Gasteiger partial charge < -0.3 is 20.4 Å². The maximum absolute atomic E-state index is 4.86. The van der Waals surface area contributed by atoms with Gasteiger partial charge in [0.05, 0.1) is 5.00 Å². The van der Waals surface area contributed by atoms with Crippen LogP contribution in [0.2, 0.25) is 0 Å². The number of anilines is 1.